The first kappa shape index (κ1) is 15.8. The van der Waals surface area contributed by atoms with E-state index in [2.05, 4.69) is 5.10 Å². The Bertz CT molecular complexity index is 519. The van der Waals surface area contributed by atoms with E-state index in [1.165, 1.54) is 0 Å². The number of aromatic nitrogens is 2. The molecule has 0 amide bonds. The molecule has 0 fully saturated rings. The van der Waals surface area contributed by atoms with Crippen molar-refractivity contribution >= 4 is 31.3 Å². The molecule has 1 aromatic heterocycles. The summed E-state index contributed by atoms with van der Waals surface area (Å²) < 4.78 is 24.8. The van der Waals surface area contributed by atoms with E-state index in [1.54, 1.807) is 4.68 Å². The standard InChI is InChI=1S/C11H18Cl2N2O2S/c1-5-8(6-2)15-11(12)10(18(13,16)17)9(14-15)7(3)4/h7-8H,5-6H2,1-4H3. The maximum Gasteiger partial charge on any atom is 0.266 e. The summed E-state index contributed by atoms with van der Waals surface area (Å²) in [7, 11) is 1.57. The Morgan fingerprint density at radius 3 is 2.06 bits per heavy atom. The Labute approximate surface area is 118 Å². The van der Waals surface area contributed by atoms with Crippen LogP contribution in [0.2, 0.25) is 5.15 Å². The van der Waals surface area contributed by atoms with E-state index in [9.17, 15) is 8.42 Å². The van der Waals surface area contributed by atoms with Gasteiger partial charge < -0.3 is 0 Å². The fraction of sp³-hybridized carbons (Fsp3) is 0.727. The third kappa shape index (κ3) is 3.00. The molecule has 4 nitrogen and oxygen atoms in total. The van der Waals surface area contributed by atoms with Crippen LogP contribution < -0.4 is 0 Å². The number of halogens is 2. The highest BCUT2D eigenvalue weighted by Crippen LogP contribution is 2.35. The third-order valence-electron chi connectivity index (χ3n) is 2.92. The predicted molar refractivity (Wildman–Crippen MR) is 74.0 cm³/mol. The molecule has 0 aromatic carbocycles. The van der Waals surface area contributed by atoms with Gasteiger partial charge in [-0.05, 0) is 18.8 Å². The highest BCUT2D eigenvalue weighted by atomic mass is 35.7. The van der Waals surface area contributed by atoms with Crippen molar-refractivity contribution in [3.8, 4) is 0 Å². The van der Waals surface area contributed by atoms with Crippen LogP contribution in [-0.2, 0) is 9.05 Å². The van der Waals surface area contributed by atoms with Crippen molar-refractivity contribution in [3.63, 3.8) is 0 Å². The molecule has 0 saturated heterocycles. The van der Waals surface area contributed by atoms with Crippen LogP contribution in [0.4, 0.5) is 0 Å². The maximum atomic E-state index is 11.6. The molecule has 104 valence electrons. The Balaban J connectivity index is 3.52. The van der Waals surface area contributed by atoms with Gasteiger partial charge in [-0.2, -0.15) is 5.10 Å². The summed E-state index contributed by atoms with van der Waals surface area (Å²) >= 11 is 6.15. The zero-order valence-corrected chi connectivity index (χ0v) is 13.3. The van der Waals surface area contributed by atoms with Crippen molar-refractivity contribution in [2.24, 2.45) is 0 Å². The Kier molecular flexibility index (Phi) is 5.09. The van der Waals surface area contributed by atoms with Crippen LogP contribution in [0.25, 0.3) is 0 Å². The quantitative estimate of drug-likeness (QED) is 0.773. The molecule has 0 aliphatic rings. The lowest BCUT2D eigenvalue weighted by Gasteiger charge is -2.14. The minimum absolute atomic E-state index is 0.0484. The molecule has 0 spiro atoms. The largest absolute Gasteiger partial charge is 0.266 e. The summed E-state index contributed by atoms with van der Waals surface area (Å²) in [5.41, 5.74) is 0.432. The second kappa shape index (κ2) is 5.80. The molecule has 0 atom stereocenters. The van der Waals surface area contributed by atoms with Gasteiger partial charge in [-0.1, -0.05) is 39.3 Å². The molecular formula is C11H18Cl2N2O2S. The molecule has 0 aliphatic carbocycles. The molecule has 0 N–H and O–H groups in total. The first-order valence-corrected chi connectivity index (χ1v) is 8.65. The van der Waals surface area contributed by atoms with E-state index < -0.39 is 9.05 Å². The van der Waals surface area contributed by atoms with Gasteiger partial charge in [0.15, 0.2) is 0 Å². The normalized spacial score (nSPS) is 12.7. The van der Waals surface area contributed by atoms with E-state index in [0.29, 0.717) is 5.69 Å². The van der Waals surface area contributed by atoms with Gasteiger partial charge in [-0.15, -0.1) is 0 Å². The predicted octanol–water partition coefficient (Wildman–Crippen LogP) is 3.95. The first-order chi connectivity index (χ1) is 8.23. The van der Waals surface area contributed by atoms with Gasteiger partial charge >= 0.3 is 0 Å². The first-order valence-electron chi connectivity index (χ1n) is 5.96. The molecule has 1 aromatic rings. The zero-order chi connectivity index (χ0) is 14.1. The van der Waals surface area contributed by atoms with Crippen molar-refractivity contribution in [1.82, 2.24) is 9.78 Å². The Morgan fingerprint density at radius 2 is 1.78 bits per heavy atom. The Morgan fingerprint density at radius 1 is 1.28 bits per heavy atom. The lowest BCUT2D eigenvalue weighted by atomic mass is 10.1. The van der Waals surface area contributed by atoms with E-state index in [4.69, 9.17) is 22.3 Å². The molecule has 0 radical (unpaired) electrons. The van der Waals surface area contributed by atoms with Crippen molar-refractivity contribution in [2.45, 2.75) is 57.4 Å². The van der Waals surface area contributed by atoms with Gasteiger partial charge in [0.25, 0.3) is 9.05 Å². The summed E-state index contributed by atoms with van der Waals surface area (Å²) in [6, 6.07) is 0.0853. The van der Waals surface area contributed by atoms with E-state index in [-0.39, 0.29) is 22.0 Å². The average Bonchev–Trinajstić information content (AvgIpc) is 2.58. The topological polar surface area (TPSA) is 52.0 Å². The highest BCUT2D eigenvalue weighted by molar-refractivity contribution is 8.13. The fourth-order valence-electron chi connectivity index (χ4n) is 1.89. The van der Waals surface area contributed by atoms with Gasteiger partial charge in [0.1, 0.15) is 10.0 Å². The van der Waals surface area contributed by atoms with Crippen molar-refractivity contribution < 1.29 is 8.42 Å². The van der Waals surface area contributed by atoms with Crippen LogP contribution in [0.3, 0.4) is 0 Å². The van der Waals surface area contributed by atoms with Gasteiger partial charge in [0.2, 0.25) is 0 Å². The van der Waals surface area contributed by atoms with Gasteiger partial charge in [-0.3, -0.25) is 0 Å². The summed E-state index contributed by atoms with van der Waals surface area (Å²) in [6.07, 6.45) is 1.66. The van der Waals surface area contributed by atoms with Gasteiger partial charge in [0, 0.05) is 10.7 Å². The van der Waals surface area contributed by atoms with Crippen LogP contribution >= 0.6 is 22.3 Å². The SMILES string of the molecule is CCC(CC)n1nc(C(C)C)c(S(=O)(=O)Cl)c1Cl. The van der Waals surface area contributed by atoms with Crippen molar-refractivity contribution in [1.29, 1.82) is 0 Å². The molecule has 7 heteroatoms. The molecule has 0 bridgehead atoms. The van der Waals surface area contributed by atoms with Crippen LogP contribution in [0.1, 0.15) is 58.2 Å². The summed E-state index contributed by atoms with van der Waals surface area (Å²) in [4.78, 5) is -0.0484. The second-order valence-corrected chi connectivity index (χ2v) is 7.37. The fourth-order valence-corrected chi connectivity index (χ4v) is 3.87. The van der Waals surface area contributed by atoms with Crippen LogP contribution in [0, 0.1) is 0 Å². The van der Waals surface area contributed by atoms with Crippen LogP contribution in [0.5, 0.6) is 0 Å². The molecule has 1 heterocycles. The summed E-state index contributed by atoms with van der Waals surface area (Å²) in [5, 5.41) is 4.45. The number of rotatable bonds is 5. The molecule has 1 rings (SSSR count). The highest BCUT2D eigenvalue weighted by Gasteiger charge is 2.29. The van der Waals surface area contributed by atoms with Crippen LogP contribution in [0.15, 0.2) is 4.90 Å². The number of hydrogen-bond acceptors (Lipinski definition) is 3. The zero-order valence-electron chi connectivity index (χ0n) is 10.9. The lowest BCUT2D eigenvalue weighted by Crippen LogP contribution is -2.09. The molecule has 0 unspecified atom stereocenters. The van der Waals surface area contributed by atoms with Crippen molar-refractivity contribution in [3.05, 3.63) is 10.8 Å². The monoisotopic (exact) mass is 312 g/mol. The summed E-state index contributed by atoms with van der Waals surface area (Å²) in [5.74, 6) is -0.0540. The minimum Gasteiger partial charge on any atom is -0.249 e. The third-order valence-corrected chi connectivity index (χ3v) is 4.74. The van der Waals surface area contributed by atoms with E-state index in [0.717, 1.165) is 12.8 Å². The smallest absolute Gasteiger partial charge is 0.249 e. The number of nitrogens with zero attached hydrogens (tertiary/aromatic N) is 2. The lowest BCUT2D eigenvalue weighted by molar-refractivity contribution is 0.424. The minimum atomic E-state index is -3.88. The second-order valence-electron chi connectivity index (χ2n) is 4.51. The molecule has 0 aliphatic heterocycles. The maximum absolute atomic E-state index is 11.6. The molecule has 0 saturated carbocycles. The number of hydrogen-bond donors (Lipinski definition) is 0. The van der Waals surface area contributed by atoms with Crippen LogP contribution in [-0.4, -0.2) is 18.2 Å². The molecular weight excluding hydrogens is 295 g/mol. The Hall–Kier alpha value is -0.260. The molecule has 18 heavy (non-hydrogen) atoms. The van der Waals surface area contributed by atoms with Gasteiger partial charge in [-0.25, -0.2) is 13.1 Å². The average molecular weight is 313 g/mol. The van der Waals surface area contributed by atoms with Crippen molar-refractivity contribution in [2.75, 3.05) is 0 Å². The van der Waals surface area contributed by atoms with E-state index in [1.807, 2.05) is 27.7 Å². The summed E-state index contributed by atoms with van der Waals surface area (Å²) in [6.45, 7) is 7.75. The van der Waals surface area contributed by atoms with Gasteiger partial charge in [0.05, 0.1) is 11.7 Å². The van der Waals surface area contributed by atoms with E-state index >= 15 is 0 Å².